The van der Waals surface area contributed by atoms with E-state index in [2.05, 4.69) is 59.4 Å². The van der Waals surface area contributed by atoms with Crippen molar-refractivity contribution in [3.63, 3.8) is 0 Å². The number of ether oxygens (including phenoxy) is 1. The van der Waals surface area contributed by atoms with Crippen LogP contribution in [0.4, 0.5) is 10.5 Å². The lowest BCUT2D eigenvalue weighted by Gasteiger charge is -2.31. The van der Waals surface area contributed by atoms with E-state index in [1.54, 1.807) is 7.11 Å². The molecule has 6 rings (SSSR count). The summed E-state index contributed by atoms with van der Waals surface area (Å²) in [6.07, 6.45) is 7.84. The summed E-state index contributed by atoms with van der Waals surface area (Å²) < 4.78 is 7.85. The Hall–Kier alpha value is -3.51. The van der Waals surface area contributed by atoms with Crippen LogP contribution in [-0.4, -0.2) is 22.6 Å². The molecule has 4 aromatic rings. The van der Waals surface area contributed by atoms with E-state index in [1.165, 1.54) is 39.4 Å². The van der Waals surface area contributed by atoms with Gasteiger partial charge in [0.1, 0.15) is 10.8 Å². The minimum absolute atomic E-state index is 0.125. The number of anilines is 1. The SMILES string of the molecule is CCc1ccc(C2c3cccn3-c3sc4c(c3CN2C(=O)Nc2ccccc2OC)CCCC4)cc1. The van der Waals surface area contributed by atoms with Gasteiger partial charge < -0.3 is 19.5 Å². The highest BCUT2D eigenvalue weighted by Crippen LogP contribution is 2.44. The van der Waals surface area contributed by atoms with Gasteiger partial charge in [-0.3, -0.25) is 0 Å². The molecule has 0 saturated carbocycles. The van der Waals surface area contributed by atoms with E-state index >= 15 is 0 Å². The third kappa shape index (κ3) is 3.90. The lowest BCUT2D eigenvalue weighted by molar-refractivity contribution is 0.194. The van der Waals surface area contributed by atoms with Crippen molar-refractivity contribution >= 4 is 23.1 Å². The Morgan fingerprint density at radius 3 is 2.64 bits per heavy atom. The predicted molar refractivity (Wildman–Crippen MR) is 146 cm³/mol. The number of hydrogen-bond acceptors (Lipinski definition) is 3. The van der Waals surface area contributed by atoms with E-state index < -0.39 is 0 Å². The van der Waals surface area contributed by atoms with Crippen LogP contribution in [0.1, 0.15) is 58.6 Å². The molecule has 1 atom stereocenters. The largest absolute Gasteiger partial charge is 0.495 e. The molecule has 1 unspecified atom stereocenters. The number of aryl methyl sites for hydroxylation is 2. The Balaban J connectivity index is 1.49. The van der Waals surface area contributed by atoms with Crippen LogP contribution in [0.15, 0.2) is 66.9 Å². The molecule has 36 heavy (non-hydrogen) atoms. The lowest BCUT2D eigenvalue weighted by Crippen LogP contribution is -2.38. The van der Waals surface area contributed by atoms with E-state index in [1.807, 2.05) is 40.5 Å². The Bertz CT molecular complexity index is 1400. The molecule has 0 radical (unpaired) electrons. The van der Waals surface area contributed by atoms with Crippen LogP contribution in [0, 0.1) is 0 Å². The zero-order chi connectivity index (χ0) is 24.6. The molecule has 0 saturated heterocycles. The topological polar surface area (TPSA) is 46.5 Å². The van der Waals surface area contributed by atoms with Crippen LogP contribution in [0.5, 0.6) is 5.75 Å². The summed E-state index contributed by atoms with van der Waals surface area (Å²) in [5.74, 6) is 0.654. The number of carbonyl (C=O) groups excluding carboxylic acids is 1. The van der Waals surface area contributed by atoms with Gasteiger partial charge in [-0.2, -0.15) is 0 Å². The van der Waals surface area contributed by atoms with Crippen LogP contribution in [-0.2, 0) is 25.8 Å². The van der Waals surface area contributed by atoms with Crippen LogP contribution in [0.25, 0.3) is 5.00 Å². The average Bonchev–Trinajstić information content (AvgIpc) is 3.51. The quantitative estimate of drug-likeness (QED) is 0.326. The number of rotatable bonds is 4. The Morgan fingerprint density at radius 1 is 1.03 bits per heavy atom. The third-order valence-electron chi connectivity index (χ3n) is 7.49. The van der Waals surface area contributed by atoms with Crippen molar-refractivity contribution in [2.45, 2.75) is 51.6 Å². The van der Waals surface area contributed by atoms with Crippen LogP contribution >= 0.6 is 11.3 Å². The van der Waals surface area contributed by atoms with Gasteiger partial charge in [-0.15, -0.1) is 11.3 Å². The van der Waals surface area contributed by atoms with Gasteiger partial charge in [-0.05, 0) is 73.1 Å². The minimum atomic E-state index is -0.209. The summed E-state index contributed by atoms with van der Waals surface area (Å²) in [5, 5.41) is 4.43. The molecule has 0 bridgehead atoms. The number of thiophene rings is 1. The molecule has 2 aromatic carbocycles. The number of hydrogen-bond donors (Lipinski definition) is 1. The number of aromatic nitrogens is 1. The smallest absolute Gasteiger partial charge is 0.323 e. The van der Waals surface area contributed by atoms with Gasteiger partial charge >= 0.3 is 6.03 Å². The molecule has 3 heterocycles. The number of amides is 2. The number of nitrogens with one attached hydrogen (secondary N) is 1. The van der Waals surface area contributed by atoms with Gasteiger partial charge in [0, 0.05) is 16.6 Å². The van der Waals surface area contributed by atoms with Crippen molar-refractivity contribution in [1.29, 1.82) is 0 Å². The first kappa shape index (κ1) is 22.9. The normalized spacial score (nSPS) is 16.5. The van der Waals surface area contributed by atoms with Crippen molar-refractivity contribution in [1.82, 2.24) is 9.47 Å². The summed E-state index contributed by atoms with van der Waals surface area (Å²) in [6, 6.07) is 20.2. The van der Waals surface area contributed by atoms with Crippen molar-refractivity contribution in [3.05, 3.63) is 99.7 Å². The first-order valence-electron chi connectivity index (χ1n) is 12.8. The third-order valence-corrected chi connectivity index (χ3v) is 8.83. The van der Waals surface area contributed by atoms with Crippen molar-refractivity contribution in [3.8, 4) is 10.8 Å². The second-order valence-corrected chi connectivity index (χ2v) is 10.6. The fourth-order valence-electron chi connectivity index (χ4n) is 5.61. The van der Waals surface area contributed by atoms with Gasteiger partial charge in [0.05, 0.1) is 31.1 Å². The number of fused-ring (bicyclic) bond motifs is 5. The summed E-state index contributed by atoms with van der Waals surface area (Å²) in [4.78, 5) is 17.6. The van der Waals surface area contributed by atoms with E-state index in [0.29, 0.717) is 18.0 Å². The van der Waals surface area contributed by atoms with Gasteiger partial charge in [-0.1, -0.05) is 43.3 Å². The molecular formula is C30H31N3O2S. The summed E-state index contributed by atoms with van der Waals surface area (Å²) in [7, 11) is 1.63. The molecule has 6 heteroatoms. The molecule has 2 amide bonds. The maximum atomic E-state index is 14.1. The van der Waals surface area contributed by atoms with E-state index in [-0.39, 0.29) is 12.1 Å². The molecule has 0 spiro atoms. The van der Waals surface area contributed by atoms with Gasteiger partial charge in [-0.25, -0.2) is 4.79 Å². The van der Waals surface area contributed by atoms with Crippen molar-refractivity contribution in [2.24, 2.45) is 0 Å². The molecule has 0 fully saturated rings. The maximum absolute atomic E-state index is 14.1. The summed E-state index contributed by atoms with van der Waals surface area (Å²) in [5.41, 5.74) is 6.96. The molecular weight excluding hydrogens is 466 g/mol. The highest BCUT2D eigenvalue weighted by molar-refractivity contribution is 7.15. The highest BCUT2D eigenvalue weighted by atomic mass is 32.1. The van der Waals surface area contributed by atoms with Gasteiger partial charge in [0.25, 0.3) is 0 Å². The Morgan fingerprint density at radius 2 is 1.83 bits per heavy atom. The number of urea groups is 1. The molecule has 1 aliphatic carbocycles. The maximum Gasteiger partial charge on any atom is 0.323 e. The zero-order valence-corrected chi connectivity index (χ0v) is 21.6. The average molecular weight is 498 g/mol. The predicted octanol–water partition coefficient (Wildman–Crippen LogP) is 7.13. The van der Waals surface area contributed by atoms with Crippen molar-refractivity contribution in [2.75, 3.05) is 12.4 Å². The Kier molecular flexibility index (Phi) is 6.05. The van der Waals surface area contributed by atoms with E-state index in [9.17, 15) is 4.79 Å². The van der Waals surface area contributed by atoms with Crippen molar-refractivity contribution < 1.29 is 9.53 Å². The zero-order valence-electron chi connectivity index (χ0n) is 20.8. The highest BCUT2D eigenvalue weighted by Gasteiger charge is 2.36. The molecule has 184 valence electrons. The lowest BCUT2D eigenvalue weighted by atomic mass is 9.95. The standard InChI is InChI=1S/C30H31N3O2S/c1-3-20-14-16-21(17-15-20)28-25-11-8-18-32(25)29-23(22-9-4-7-13-27(22)36-29)19-33(28)30(34)31-24-10-5-6-12-26(24)35-2/h5-6,8,10-12,14-18,28H,3-4,7,9,13,19H2,1-2H3,(H,31,34). The summed E-state index contributed by atoms with van der Waals surface area (Å²) in [6.45, 7) is 2.74. The first-order chi connectivity index (χ1) is 17.7. The van der Waals surface area contributed by atoms with Gasteiger partial charge in [0.2, 0.25) is 0 Å². The molecule has 5 nitrogen and oxygen atoms in total. The molecule has 1 N–H and O–H groups in total. The number of nitrogens with zero attached hydrogens (tertiary/aromatic N) is 2. The van der Waals surface area contributed by atoms with Crippen LogP contribution < -0.4 is 10.1 Å². The summed E-state index contributed by atoms with van der Waals surface area (Å²) >= 11 is 1.91. The molecule has 1 aliphatic heterocycles. The van der Waals surface area contributed by atoms with Crippen LogP contribution in [0.3, 0.4) is 0 Å². The minimum Gasteiger partial charge on any atom is -0.495 e. The molecule has 2 aliphatic rings. The second-order valence-electron chi connectivity index (χ2n) is 9.55. The van der Waals surface area contributed by atoms with E-state index in [4.69, 9.17) is 4.74 Å². The fraction of sp³-hybridized carbons (Fsp3) is 0.300. The number of benzene rings is 2. The Labute approximate surface area is 216 Å². The van der Waals surface area contributed by atoms with E-state index in [0.717, 1.165) is 30.5 Å². The number of methoxy groups -OCH3 is 1. The fourth-order valence-corrected chi connectivity index (χ4v) is 7.01. The molecule has 2 aromatic heterocycles. The first-order valence-corrected chi connectivity index (χ1v) is 13.6. The number of para-hydroxylation sites is 2. The number of carbonyl (C=O) groups is 1. The monoisotopic (exact) mass is 497 g/mol. The van der Waals surface area contributed by atoms with Gasteiger partial charge in [0.15, 0.2) is 0 Å². The second kappa shape index (κ2) is 9.51. The van der Waals surface area contributed by atoms with Crippen LogP contribution in [0.2, 0.25) is 0 Å².